The summed E-state index contributed by atoms with van der Waals surface area (Å²) in [4.78, 5) is 16.2. The van der Waals surface area contributed by atoms with Crippen LogP contribution in [0.3, 0.4) is 0 Å². The summed E-state index contributed by atoms with van der Waals surface area (Å²) < 4.78 is 4.82. The number of hydrogen-bond acceptors (Lipinski definition) is 5. The summed E-state index contributed by atoms with van der Waals surface area (Å²) in [6.45, 7) is 2.11. The van der Waals surface area contributed by atoms with Crippen molar-refractivity contribution in [2.24, 2.45) is 0 Å². The Kier molecular flexibility index (Phi) is 4.90. The highest BCUT2D eigenvalue weighted by Gasteiger charge is 2.21. The van der Waals surface area contributed by atoms with Gasteiger partial charge in [-0.25, -0.2) is 4.79 Å². The van der Waals surface area contributed by atoms with Gasteiger partial charge in [0.05, 0.1) is 12.8 Å². The van der Waals surface area contributed by atoms with Crippen molar-refractivity contribution in [2.75, 3.05) is 7.11 Å². The molecule has 1 heterocycles. The lowest BCUT2D eigenvalue weighted by molar-refractivity contribution is -0.143. The molecule has 110 valence electrons. The van der Waals surface area contributed by atoms with Gasteiger partial charge in [0.1, 0.15) is 11.8 Å². The molecule has 1 atom stereocenters. The second kappa shape index (κ2) is 6.85. The zero-order valence-corrected chi connectivity index (χ0v) is 12.0. The van der Waals surface area contributed by atoms with Crippen molar-refractivity contribution in [3.05, 3.63) is 59.4 Å². The number of benzene rings is 1. The van der Waals surface area contributed by atoms with Crippen molar-refractivity contribution in [2.45, 2.75) is 19.5 Å². The number of aromatic hydroxyl groups is 1. The smallest absolute Gasteiger partial charge is 0.327 e. The highest BCUT2D eigenvalue weighted by Crippen LogP contribution is 2.18. The fourth-order valence-electron chi connectivity index (χ4n) is 2.03. The van der Waals surface area contributed by atoms with E-state index in [1.54, 1.807) is 12.1 Å². The molecule has 2 aromatic rings. The molecule has 0 amide bonds. The Balaban J connectivity index is 2.16. The van der Waals surface area contributed by atoms with Crippen LogP contribution in [0.5, 0.6) is 5.75 Å². The molecule has 0 aliphatic heterocycles. The largest absolute Gasteiger partial charge is 0.506 e. The molecule has 1 unspecified atom stereocenters. The second-order valence-electron chi connectivity index (χ2n) is 4.67. The van der Waals surface area contributed by atoms with E-state index in [2.05, 4.69) is 10.3 Å². The summed E-state index contributed by atoms with van der Waals surface area (Å²) in [7, 11) is 1.35. The van der Waals surface area contributed by atoms with E-state index in [4.69, 9.17) is 4.74 Å². The van der Waals surface area contributed by atoms with Gasteiger partial charge in [-0.1, -0.05) is 30.3 Å². The Morgan fingerprint density at radius 2 is 2.00 bits per heavy atom. The van der Waals surface area contributed by atoms with E-state index in [-0.39, 0.29) is 18.3 Å². The minimum Gasteiger partial charge on any atom is -0.506 e. The Labute approximate surface area is 123 Å². The number of hydrogen-bond donors (Lipinski definition) is 2. The standard InChI is InChI=1S/C16H18N2O3/c1-11-8-9-14(19)13(18-11)10-17-15(16(20)21-2)12-6-4-3-5-7-12/h3-9,15,17,19H,10H2,1-2H3. The number of aryl methyl sites for hydroxylation is 1. The van der Waals surface area contributed by atoms with Gasteiger partial charge in [-0.15, -0.1) is 0 Å². The van der Waals surface area contributed by atoms with Crippen molar-refractivity contribution >= 4 is 5.97 Å². The average Bonchev–Trinajstić information content (AvgIpc) is 2.51. The molecule has 0 fully saturated rings. The van der Waals surface area contributed by atoms with E-state index in [0.29, 0.717) is 5.69 Å². The summed E-state index contributed by atoms with van der Waals surface area (Å²) in [5.74, 6) is -0.280. The maximum absolute atomic E-state index is 11.9. The van der Waals surface area contributed by atoms with E-state index in [9.17, 15) is 9.90 Å². The molecular weight excluding hydrogens is 268 g/mol. The van der Waals surface area contributed by atoms with Crippen LogP contribution in [0.2, 0.25) is 0 Å². The molecule has 1 aromatic heterocycles. The molecule has 2 rings (SSSR count). The highest BCUT2D eigenvalue weighted by atomic mass is 16.5. The average molecular weight is 286 g/mol. The quantitative estimate of drug-likeness (QED) is 0.824. The van der Waals surface area contributed by atoms with Crippen LogP contribution in [0.25, 0.3) is 0 Å². The van der Waals surface area contributed by atoms with E-state index in [1.165, 1.54) is 7.11 Å². The van der Waals surface area contributed by atoms with E-state index in [1.807, 2.05) is 37.3 Å². The zero-order chi connectivity index (χ0) is 15.2. The van der Waals surface area contributed by atoms with Gasteiger partial charge in [0.15, 0.2) is 0 Å². The van der Waals surface area contributed by atoms with Crippen molar-refractivity contribution in [1.82, 2.24) is 10.3 Å². The first-order valence-corrected chi connectivity index (χ1v) is 6.63. The molecule has 1 aromatic carbocycles. The normalized spacial score (nSPS) is 11.9. The maximum atomic E-state index is 11.9. The minimum absolute atomic E-state index is 0.102. The molecule has 21 heavy (non-hydrogen) atoms. The number of esters is 1. The summed E-state index contributed by atoms with van der Waals surface area (Å²) >= 11 is 0. The van der Waals surface area contributed by atoms with Gasteiger partial charge in [0, 0.05) is 12.2 Å². The molecule has 0 aliphatic carbocycles. The molecule has 0 bridgehead atoms. The van der Waals surface area contributed by atoms with Crippen molar-refractivity contribution in [3.8, 4) is 5.75 Å². The molecule has 5 heteroatoms. The molecular formula is C16H18N2O3. The molecule has 0 aliphatic rings. The predicted molar refractivity (Wildman–Crippen MR) is 78.7 cm³/mol. The molecule has 0 saturated heterocycles. The van der Waals surface area contributed by atoms with E-state index >= 15 is 0 Å². The molecule has 5 nitrogen and oxygen atoms in total. The van der Waals surface area contributed by atoms with Crippen molar-refractivity contribution in [3.63, 3.8) is 0 Å². The first-order chi connectivity index (χ1) is 10.1. The Morgan fingerprint density at radius 3 is 2.67 bits per heavy atom. The zero-order valence-electron chi connectivity index (χ0n) is 12.0. The fraction of sp³-hybridized carbons (Fsp3) is 0.250. The monoisotopic (exact) mass is 286 g/mol. The topological polar surface area (TPSA) is 71.5 Å². The number of methoxy groups -OCH3 is 1. The third-order valence-corrected chi connectivity index (χ3v) is 3.13. The van der Waals surface area contributed by atoms with Crippen LogP contribution < -0.4 is 5.32 Å². The Bertz CT molecular complexity index is 614. The maximum Gasteiger partial charge on any atom is 0.327 e. The molecule has 0 spiro atoms. The number of rotatable bonds is 5. The fourth-order valence-corrected chi connectivity index (χ4v) is 2.03. The predicted octanol–water partition coefficient (Wildman–Crippen LogP) is 2.10. The third-order valence-electron chi connectivity index (χ3n) is 3.13. The number of pyridine rings is 1. The first kappa shape index (κ1) is 15.0. The van der Waals surface area contributed by atoms with Gasteiger partial charge in [-0.3, -0.25) is 10.3 Å². The number of carbonyl (C=O) groups is 1. The van der Waals surface area contributed by atoms with E-state index < -0.39 is 6.04 Å². The lowest BCUT2D eigenvalue weighted by Crippen LogP contribution is -2.29. The molecule has 0 radical (unpaired) electrons. The number of nitrogens with zero attached hydrogens (tertiary/aromatic N) is 1. The summed E-state index contributed by atoms with van der Waals surface area (Å²) in [6.07, 6.45) is 0. The second-order valence-corrected chi connectivity index (χ2v) is 4.67. The van der Waals surface area contributed by atoms with Gasteiger partial charge in [0.25, 0.3) is 0 Å². The summed E-state index contributed by atoms with van der Waals surface area (Å²) in [5.41, 5.74) is 2.11. The molecule has 2 N–H and O–H groups in total. The Hall–Kier alpha value is -2.40. The number of aromatic nitrogens is 1. The number of carbonyl (C=O) groups excluding carboxylic acids is 1. The van der Waals surface area contributed by atoms with Gasteiger partial charge in [-0.2, -0.15) is 0 Å². The van der Waals surface area contributed by atoms with Gasteiger partial charge >= 0.3 is 5.97 Å². The molecule has 0 saturated carbocycles. The number of nitrogens with one attached hydrogen (secondary N) is 1. The lowest BCUT2D eigenvalue weighted by atomic mass is 10.1. The third kappa shape index (κ3) is 3.79. The highest BCUT2D eigenvalue weighted by molar-refractivity contribution is 5.77. The summed E-state index contributed by atoms with van der Waals surface area (Å²) in [6, 6.07) is 12.0. The SMILES string of the molecule is COC(=O)C(NCc1nc(C)ccc1O)c1ccccc1. The van der Waals surface area contributed by atoms with Crippen LogP contribution in [0, 0.1) is 6.92 Å². The van der Waals surface area contributed by atoms with Crippen LogP contribution in [0.1, 0.15) is 23.0 Å². The lowest BCUT2D eigenvalue weighted by Gasteiger charge is -2.17. The van der Waals surface area contributed by atoms with Crippen molar-refractivity contribution in [1.29, 1.82) is 0 Å². The van der Waals surface area contributed by atoms with Crippen LogP contribution in [0.4, 0.5) is 0 Å². The van der Waals surface area contributed by atoms with Crippen LogP contribution >= 0.6 is 0 Å². The van der Waals surface area contributed by atoms with Crippen LogP contribution in [-0.2, 0) is 16.1 Å². The van der Waals surface area contributed by atoms with Gasteiger partial charge < -0.3 is 9.84 Å². The van der Waals surface area contributed by atoms with Crippen LogP contribution in [-0.4, -0.2) is 23.2 Å². The first-order valence-electron chi connectivity index (χ1n) is 6.63. The summed E-state index contributed by atoms with van der Waals surface area (Å²) in [5, 5.41) is 12.9. The Morgan fingerprint density at radius 1 is 1.29 bits per heavy atom. The van der Waals surface area contributed by atoms with E-state index in [0.717, 1.165) is 11.3 Å². The minimum atomic E-state index is -0.599. The number of ether oxygens (including phenoxy) is 1. The van der Waals surface area contributed by atoms with Gasteiger partial charge in [0.2, 0.25) is 0 Å². The van der Waals surface area contributed by atoms with Crippen molar-refractivity contribution < 1.29 is 14.6 Å². The van der Waals surface area contributed by atoms with Gasteiger partial charge in [-0.05, 0) is 24.6 Å². The van der Waals surface area contributed by atoms with Crippen LogP contribution in [0.15, 0.2) is 42.5 Å².